The maximum absolute atomic E-state index is 11.7. The summed E-state index contributed by atoms with van der Waals surface area (Å²) in [5, 5.41) is 0. The Morgan fingerprint density at radius 3 is 2.50 bits per heavy atom. The minimum Gasteiger partial charge on any atom is -0.330 e. The van der Waals surface area contributed by atoms with Crippen molar-refractivity contribution in [2.75, 3.05) is 12.0 Å². The van der Waals surface area contributed by atoms with Gasteiger partial charge in [0.05, 0.1) is 0 Å². The van der Waals surface area contributed by atoms with Crippen LogP contribution in [0.4, 0.5) is 0 Å². The number of nitrogens with one attached hydrogen (secondary N) is 1. The van der Waals surface area contributed by atoms with Crippen LogP contribution in [0.25, 0.3) is 0 Å². The summed E-state index contributed by atoms with van der Waals surface area (Å²) in [6.07, 6.45) is 5.10. The summed E-state index contributed by atoms with van der Waals surface area (Å²) in [6.45, 7) is 4.86. The zero-order valence-corrected chi connectivity index (χ0v) is 10.0. The molecule has 0 aromatic carbocycles. The summed E-state index contributed by atoms with van der Waals surface area (Å²) < 4.78 is 1.66. The van der Waals surface area contributed by atoms with Crippen molar-refractivity contribution in [1.29, 1.82) is 0 Å². The first-order chi connectivity index (χ1) is 7.61. The first-order valence-electron chi connectivity index (χ1n) is 5.74. The van der Waals surface area contributed by atoms with E-state index in [0.717, 1.165) is 6.42 Å². The van der Waals surface area contributed by atoms with E-state index in [1.54, 1.807) is 17.1 Å². The molecule has 0 saturated heterocycles. The molecule has 3 N–H and O–H groups in total. The predicted molar refractivity (Wildman–Crippen MR) is 65.4 cm³/mol. The summed E-state index contributed by atoms with van der Waals surface area (Å²) in [7, 11) is 0. The molecule has 1 aromatic rings. The van der Waals surface area contributed by atoms with Crippen molar-refractivity contribution in [3.8, 4) is 0 Å². The molecule has 0 aliphatic carbocycles. The molecule has 4 heteroatoms. The van der Waals surface area contributed by atoms with Gasteiger partial charge in [0.1, 0.15) is 0 Å². The number of nitrogens with two attached hydrogens (primary N) is 1. The Labute approximate surface area is 96.8 Å². The summed E-state index contributed by atoms with van der Waals surface area (Å²) in [5.74, 6) is 0.871. The molecule has 1 rings (SSSR count). The number of hydrogen-bond acceptors (Lipinski definition) is 2. The van der Waals surface area contributed by atoms with Crippen molar-refractivity contribution in [3.05, 3.63) is 24.5 Å². The van der Waals surface area contributed by atoms with E-state index < -0.39 is 0 Å². The largest absolute Gasteiger partial charge is 0.330 e. The summed E-state index contributed by atoms with van der Waals surface area (Å²) in [6, 6.07) is 3.74. The SMILES string of the molecule is CC(C)CC(CN)CC(=O)Nn1cccc1. The van der Waals surface area contributed by atoms with Crippen molar-refractivity contribution in [3.63, 3.8) is 0 Å². The molecule has 0 aliphatic heterocycles. The second-order valence-electron chi connectivity index (χ2n) is 4.56. The molecule has 0 saturated carbocycles. The maximum atomic E-state index is 11.7. The molecule has 1 atom stereocenters. The van der Waals surface area contributed by atoms with Crippen LogP contribution in [0, 0.1) is 11.8 Å². The lowest BCUT2D eigenvalue weighted by Crippen LogP contribution is -2.27. The van der Waals surface area contributed by atoms with Crippen LogP contribution in [0.1, 0.15) is 26.7 Å². The number of carbonyl (C=O) groups excluding carboxylic acids is 1. The van der Waals surface area contributed by atoms with Gasteiger partial charge in [0.15, 0.2) is 0 Å². The predicted octanol–water partition coefficient (Wildman–Crippen LogP) is 1.57. The van der Waals surface area contributed by atoms with E-state index in [2.05, 4.69) is 19.3 Å². The molecule has 0 spiro atoms. The zero-order chi connectivity index (χ0) is 12.0. The van der Waals surface area contributed by atoms with Gasteiger partial charge in [-0.05, 0) is 36.9 Å². The van der Waals surface area contributed by atoms with Crippen molar-refractivity contribution in [2.45, 2.75) is 26.7 Å². The number of rotatable bonds is 6. The van der Waals surface area contributed by atoms with Gasteiger partial charge in [0, 0.05) is 18.8 Å². The van der Waals surface area contributed by atoms with Crippen LogP contribution in [-0.4, -0.2) is 17.1 Å². The Bertz CT molecular complexity index is 306. The molecule has 4 nitrogen and oxygen atoms in total. The van der Waals surface area contributed by atoms with Gasteiger partial charge in [-0.2, -0.15) is 0 Å². The maximum Gasteiger partial charge on any atom is 0.239 e. The van der Waals surface area contributed by atoms with E-state index in [1.165, 1.54) is 0 Å². The highest BCUT2D eigenvalue weighted by atomic mass is 16.2. The normalized spacial score (nSPS) is 12.8. The number of hydrogen-bond donors (Lipinski definition) is 2. The molecule has 16 heavy (non-hydrogen) atoms. The van der Waals surface area contributed by atoms with Crippen LogP contribution in [0.5, 0.6) is 0 Å². The molecule has 0 aliphatic rings. The highest BCUT2D eigenvalue weighted by molar-refractivity contribution is 5.83. The van der Waals surface area contributed by atoms with Gasteiger partial charge in [-0.15, -0.1) is 0 Å². The third-order valence-corrected chi connectivity index (χ3v) is 2.47. The smallest absolute Gasteiger partial charge is 0.239 e. The summed E-state index contributed by atoms with van der Waals surface area (Å²) >= 11 is 0. The van der Waals surface area contributed by atoms with Crippen LogP contribution in [-0.2, 0) is 4.79 Å². The van der Waals surface area contributed by atoms with Gasteiger partial charge < -0.3 is 5.73 Å². The van der Waals surface area contributed by atoms with Gasteiger partial charge in [-0.25, -0.2) is 0 Å². The van der Waals surface area contributed by atoms with Crippen LogP contribution in [0.3, 0.4) is 0 Å². The molecule has 1 heterocycles. The van der Waals surface area contributed by atoms with Gasteiger partial charge >= 0.3 is 0 Å². The van der Waals surface area contributed by atoms with E-state index in [-0.39, 0.29) is 11.8 Å². The van der Waals surface area contributed by atoms with Gasteiger partial charge in [0.25, 0.3) is 0 Å². The number of amides is 1. The molecule has 0 bridgehead atoms. The third kappa shape index (κ3) is 4.49. The van der Waals surface area contributed by atoms with E-state index in [9.17, 15) is 4.79 Å². The second kappa shape index (κ2) is 6.33. The fraction of sp³-hybridized carbons (Fsp3) is 0.583. The van der Waals surface area contributed by atoms with Crippen LogP contribution >= 0.6 is 0 Å². The lowest BCUT2D eigenvalue weighted by atomic mass is 9.94. The third-order valence-electron chi connectivity index (χ3n) is 2.47. The van der Waals surface area contributed by atoms with Crippen LogP contribution in [0.15, 0.2) is 24.5 Å². The first-order valence-corrected chi connectivity index (χ1v) is 5.74. The summed E-state index contributed by atoms with van der Waals surface area (Å²) in [5.41, 5.74) is 8.44. The Balaban J connectivity index is 2.37. The minimum atomic E-state index is 0.0206. The Morgan fingerprint density at radius 1 is 1.38 bits per heavy atom. The van der Waals surface area contributed by atoms with Crippen molar-refractivity contribution in [2.24, 2.45) is 17.6 Å². The van der Waals surface area contributed by atoms with Gasteiger partial charge in [-0.1, -0.05) is 13.8 Å². The molecular weight excluding hydrogens is 202 g/mol. The van der Waals surface area contributed by atoms with Crippen molar-refractivity contribution < 1.29 is 4.79 Å². The Morgan fingerprint density at radius 2 is 2.00 bits per heavy atom. The molecular formula is C12H21N3O. The lowest BCUT2D eigenvalue weighted by molar-refractivity contribution is -0.118. The standard InChI is InChI=1S/C12H21N3O/c1-10(2)7-11(9-13)8-12(16)14-15-5-3-4-6-15/h3-6,10-11H,7-9,13H2,1-2H3,(H,14,16). The number of aromatic nitrogens is 1. The lowest BCUT2D eigenvalue weighted by Gasteiger charge is -2.16. The van der Waals surface area contributed by atoms with E-state index in [1.807, 2.05) is 12.1 Å². The fourth-order valence-corrected chi connectivity index (χ4v) is 1.79. The number of carbonyl (C=O) groups is 1. The molecule has 1 amide bonds. The van der Waals surface area contributed by atoms with Crippen molar-refractivity contribution >= 4 is 5.91 Å². The zero-order valence-electron chi connectivity index (χ0n) is 10.0. The first kappa shape index (κ1) is 12.8. The van der Waals surface area contributed by atoms with E-state index in [0.29, 0.717) is 18.9 Å². The average Bonchev–Trinajstić information content (AvgIpc) is 2.68. The summed E-state index contributed by atoms with van der Waals surface area (Å²) in [4.78, 5) is 11.7. The van der Waals surface area contributed by atoms with E-state index >= 15 is 0 Å². The van der Waals surface area contributed by atoms with Gasteiger partial charge in [-0.3, -0.25) is 14.9 Å². The Hall–Kier alpha value is -1.29. The molecule has 0 fully saturated rings. The fourth-order valence-electron chi connectivity index (χ4n) is 1.79. The topological polar surface area (TPSA) is 60.1 Å². The molecule has 90 valence electrons. The van der Waals surface area contributed by atoms with Crippen LogP contribution in [0.2, 0.25) is 0 Å². The monoisotopic (exact) mass is 223 g/mol. The highest BCUT2D eigenvalue weighted by Gasteiger charge is 2.13. The average molecular weight is 223 g/mol. The van der Waals surface area contributed by atoms with Gasteiger partial charge in [0.2, 0.25) is 5.91 Å². The quantitative estimate of drug-likeness (QED) is 0.769. The second-order valence-corrected chi connectivity index (χ2v) is 4.56. The van der Waals surface area contributed by atoms with Crippen molar-refractivity contribution in [1.82, 2.24) is 4.68 Å². The molecule has 1 unspecified atom stereocenters. The molecule has 0 radical (unpaired) electrons. The van der Waals surface area contributed by atoms with Crippen LogP contribution < -0.4 is 11.2 Å². The number of nitrogens with zero attached hydrogens (tertiary/aromatic N) is 1. The molecule has 1 aromatic heterocycles. The highest BCUT2D eigenvalue weighted by Crippen LogP contribution is 2.14. The van der Waals surface area contributed by atoms with E-state index in [4.69, 9.17) is 5.73 Å². The Kier molecular flexibility index (Phi) is 5.05. The minimum absolute atomic E-state index is 0.0206.